The number of benzene rings is 3. The smallest absolute Gasteiger partial charge is 0.270 e. The molecule has 29 heavy (non-hydrogen) atoms. The Balaban J connectivity index is 1.54. The Morgan fingerprint density at radius 1 is 0.828 bits per heavy atom. The first-order chi connectivity index (χ1) is 14.0. The standard InChI is InChI=1S/C22H19N3O4/c26-21(14-9-16-5-2-1-3-6-16)23-18-10-12-19(13-11-18)24-22(27)17-7-4-8-20(15-17)25(28)29/h1-8,10-13,15H,9,14H2,(H,23,26)(H,24,27). The van der Waals surface area contributed by atoms with E-state index in [1.807, 2.05) is 30.3 Å². The number of carbonyl (C=O) groups excluding carboxylic acids is 2. The Morgan fingerprint density at radius 3 is 2.14 bits per heavy atom. The van der Waals surface area contributed by atoms with E-state index in [0.29, 0.717) is 24.2 Å². The van der Waals surface area contributed by atoms with Crippen molar-refractivity contribution in [3.8, 4) is 0 Å². The maximum absolute atomic E-state index is 12.3. The molecule has 0 spiro atoms. The number of amides is 2. The monoisotopic (exact) mass is 389 g/mol. The number of rotatable bonds is 7. The fourth-order valence-corrected chi connectivity index (χ4v) is 2.73. The lowest BCUT2D eigenvalue weighted by atomic mass is 10.1. The van der Waals surface area contributed by atoms with Gasteiger partial charge >= 0.3 is 0 Å². The molecule has 3 aromatic carbocycles. The van der Waals surface area contributed by atoms with Gasteiger partial charge in [0.05, 0.1) is 4.92 Å². The van der Waals surface area contributed by atoms with E-state index in [4.69, 9.17) is 0 Å². The number of hydrogen-bond donors (Lipinski definition) is 2. The van der Waals surface area contributed by atoms with Crippen LogP contribution in [0.5, 0.6) is 0 Å². The summed E-state index contributed by atoms with van der Waals surface area (Å²) in [4.78, 5) is 34.6. The molecule has 0 aliphatic heterocycles. The molecule has 0 bridgehead atoms. The molecule has 2 amide bonds. The van der Waals surface area contributed by atoms with Crippen LogP contribution in [-0.4, -0.2) is 16.7 Å². The average molecular weight is 389 g/mol. The van der Waals surface area contributed by atoms with E-state index >= 15 is 0 Å². The second kappa shape index (κ2) is 9.27. The fourth-order valence-electron chi connectivity index (χ4n) is 2.73. The van der Waals surface area contributed by atoms with Gasteiger partial charge in [-0.1, -0.05) is 36.4 Å². The predicted molar refractivity (Wildman–Crippen MR) is 111 cm³/mol. The summed E-state index contributed by atoms with van der Waals surface area (Å²) in [6.07, 6.45) is 1.03. The lowest BCUT2D eigenvalue weighted by Gasteiger charge is -2.08. The number of non-ortho nitro benzene ring substituents is 1. The van der Waals surface area contributed by atoms with Crippen molar-refractivity contribution in [3.63, 3.8) is 0 Å². The number of aryl methyl sites for hydroxylation is 1. The van der Waals surface area contributed by atoms with Crippen LogP contribution in [0.3, 0.4) is 0 Å². The van der Waals surface area contributed by atoms with Crippen LogP contribution >= 0.6 is 0 Å². The SMILES string of the molecule is O=C(CCc1ccccc1)Nc1ccc(NC(=O)c2cccc([N+](=O)[O-])c2)cc1. The van der Waals surface area contributed by atoms with Crippen molar-refractivity contribution in [2.45, 2.75) is 12.8 Å². The zero-order valence-corrected chi connectivity index (χ0v) is 15.5. The highest BCUT2D eigenvalue weighted by atomic mass is 16.6. The molecule has 2 N–H and O–H groups in total. The number of hydrogen-bond acceptors (Lipinski definition) is 4. The Morgan fingerprint density at radius 2 is 1.48 bits per heavy atom. The first kappa shape index (κ1) is 19.8. The molecule has 0 aromatic heterocycles. The largest absolute Gasteiger partial charge is 0.326 e. The molecule has 146 valence electrons. The van der Waals surface area contributed by atoms with Crippen LogP contribution in [0.4, 0.5) is 17.1 Å². The van der Waals surface area contributed by atoms with Crippen molar-refractivity contribution in [3.05, 3.63) is 100 Å². The van der Waals surface area contributed by atoms with Gasteiger partial charge in [0, 0.05) is 35.5 Å². The van der Waals surface area contributed by atoms with Gasteiger partial charge < -0.3 is 10.6 Å². The minimum Gasteiger partial charge on any atom is -0.326 e. The molecule has 0 atom stereocenters. The highest BCUT2D eigenvalue weighted by Gasteiger charge is 2.12. The van der Waals surface area contributed by atoms with Crippen LogP contribution in [0, 0.1) is 10.1 Å². The summed E-state index contributed by atoms with van der Waals surface area (Å²) in [5, 5.41) is 16.3. The van der Waals surface area contributed by atoms with Crippen LogP contribution in [0.2, 0.25) is 0 Å². The van der Waals surface area contributed by atoms with Gasteiger partial charge in [0.1, 0.15) is 0 Å². The van der Waals surface area contributed by atoms with Crippen molar-refractivity contribution >= 4 is 28.9 Å². The van der Waals surface area contributed by atoms with Crippen molar-refractivity contribution in [1.29, 1.82) is 0 Å². The molecule has 0 saturated carbocycles. The minimum atomic E-state index is -0.550. The molecule has 3 aromatic rings. The second-order valence-corrected chi connectivity index (χ2v) is 6.37. The molecule has 3 rings (SSSR count). The van der Waals surface area contributed by atoms with Crippen molar-refractivity contribution in [2.24, 2.45) is 0 Å². The van der Waals surface area contributed by atoms with Gasteiger partial charge in [0.2, 0.25) is 5.91 Å². The Hall–Kier alpha value is -4.00. The van der Waals surface area contributed by atoms with E-state index in [2.05, 4.69) is 10.6 Å². The highest BCUT2D eigenvalue weighted by Crippen LogP contribution is 2.17. The quantitative estimate of drug-likeness (QED) is 0.461. The molecular weight excluding hydrogens is 370 g/mol. The first-order valence-corrected chi connectivity index (χ1v) is 9.01. The topological polar surface area (TPSA) is 101 Å². The summed E-state index contributed by atoms with van der Waals surface area (Å²) < 4.78 is 0. The first-order valence-electron chi connectivity index (χ1n) is 9.01. The van der Waals surface area contributed by atoms with Crippen LogP contribution in [0.1, 0.15) is 22.3 Å². The molecule has 0 heterocycles. The molecule has 0 fully saturated rings. The lowest BCUT2D eigenvalue weighted by molar-refractivity contribution is -0.384. The van der Waals surface area contributed by atoms with E-state index in [1.54, 1.807) is 24.3 Å². The van der Waals surface area contributed by atoms with Gasteiger partial charge in [-0.15, -0.1) is 0 Å². The van der Waals surface area contributed by atoms with Gasteiger partial charge in [-0.3, -0.25) is 19.7 Å². The molecule has 0 radical (unpaired) electrons. The van der Waals surface area contributed by atoms with Crippen molar-refractivity contribution < 1.29 is 14.5 Å². The second-order valence-electron chi connectivity index (χ2n) is 6.37. The summed E-state index contributed by atoms with van der Waals surface area (Å²) >= 11 is 0. The summed E-state index contributed by atoms with van der Waals surface area (Å²) in [6, 6.07) is 22.0. The minimum absolute atomic E-state index is 0.0952. The maximum Gasteiger partial charge on any atom is 0.270 e. The van der Waals surface area contributed by atoms with Crippen LogP contribution in [-0.2, 0) is 11.2 Å². The van der Waals surface area contributed by atoms with E-state index in [9.17, 15) is 19.7 Å². The Bertz CT molecular complexity index is 1020. The molecular formula is C22H19N3O4. The van der Waals surface area contributed by atoms with E-state index in [0.717, 1.165) is 5.56 Å². The molecule has 7 nitrogen and oxygen atoms in total. The maximum atomic E-state index is 12.3. The number of carbonyl (C=O) groups is 2. The van der Waals surface area contributed by atoms with Gasteiger partial charge in [-0.2, -0.15) is 0 Å². The number of anilines is 2. The van der Waals surface area contributed by atoms with Crippen molar-refractivity contribution in [1.82, 2.24) is 0 Å². The Kier molecular flexibility index (Phi) is 6.32. The van der Waals surface area contributed by atoms with E-state index in [-0.39, 0.29) is 17.2 Å². The van der Waals surface area contributed by atoms with Gasteiger partial charge in [0.15, 0.2) is 0 Å². The zero-order chi connectivity index (χ0) is 20.6. The average Bonchev–Trinajstić information content (AvgIpc) is 2.74. The number of nitrogens with one attached hydrogen (secondary N) is 2. The third-order valence-corrected chi connectivity index (χ3v) is 4.23. The number of nitro groups is 1. The van der Waals surface area contributed by atoms with Gasteiger partial charge in [0.25, 0.3) is 11.6 Å². The van der Waals surface area contributed by atoms with Crippen LogP contribution in [0.15, 0.2) is 78.9 Å². The van der Waals surface area contributed by atoms with Crippen LogP contribution in [0.25, 0.3) is 0 Å². The summed E-state index contributed by atoms with van der Waals surface area (Å²) in [6.45, 7) is 0. The molecule has 0 unspecified atom stereocenters. The predicted octanol–water partition coefficient (Wildman–Crippen LogP) is 4.42. The van der Waals surface area contributed by atoms with Gasteiger partial charge in [-0.05, 0) is 42.3 Å². The lowest BCUT2D eigenvalue weighted by Crippen LogP contribution is -2.13. The van der Waals surface area contributed by atoms with Crippen molar-refractivity contribution in [2.75, 3.05) is 10.6 Å². The molecule has 0 saturated heterocycles. The van der Waals surface area contributed by atoms with E-state index < -0.39 is 10.8 Å². The highest BCUT2D eigenvalue weighted by molar-refractivity contribution is 6.04. The summed E-state index contributed by atoms with van der Waals surface area (Å²) in [5.41, 5.74) is 2.28. The Labute approximate surface area is 167 Å². The fraction of sp³-hybridized carbons (Fsp3) is 0.0909. The van der Waals surface area contributed by atoms with Gasteiger partial charge in [-0.25, -0.2) is 0 Å². The number of nitro benzene ring substituents is 1. The van der Waals surface area contributed by atoms with E-state index in [1.165, 1.54) is 24.3 Å². The third kappa shape index (κ3) is 5.74. The molecule has 0 aliphatic rings. The third-order valence-electron chi connectivity index (χ3n) is 4.23. The molecule has 0 aliphatic carbocycles. The summed E-state index contributed by atoms with van der Waals surface area (Å²) in [7, 11) is 0. The summed E-state index contributed by atoms with van der Waals surface area (Å²) in [5.74, 6) is -0.546. The number of nitrogens with zero attached hydrogens (tertiary/aromatic N) is 1. The van der Waals surface area contributed by atoms with Crippen LogP contribution < -0.4 is 10.6 Å². The zero-order valence-electron chi connectivity index (χ0n) is 15.5. The molecule has 7 heteroatoms. The normalized spacial score (nSPS) is 10.2.